The molecule has 1 unspecified atom stereocenters. The van der Waals surface area contributed by atoms with Gasteiger partial charge in [0.2, 0.25) is 6.79 Å². The zero-order valence-corrected chi connectivity index (χ0v) is 20.7. The number of piperazine rings is 1. The molecule has 0 bridgehead atoms. The fraction of sp³-hybridized carbons (Fsp3) is 0.538. The average Bonchev–Trinajstić information content (AvgIpc) is 3.27. The van der Waals surface area contributed by atoms with Gasteiger partial charge in [-0.2, -0.15) is 13.2 Å². The van der Waals surface area contributed by atoms with Crippen molar-refractivity contribution < 1.29 is 36.9 Å². The van der Waals surface area contributed by atoms with Gasteiger partial charge in [-0.05, 0) is 47.7 Å². The Balaban J connectivity index is 1.42. The molecule has 0 aliphatic carbocycles. The summed E-state index contributed by atoms with van der Waals surface area (Å²) in [5.41, 5.74) is -2.88. The molecule has 1 fully saturated rings. The molecule has 2 aliphatic rings. The predicted octanol–water partition coefficient (Wildman–Crippen LogP) is 4.34. The highest BCUT2D eigenvalue weighted by Gasteiger charge is 2.57. The molecule has 6 nitrogen and oxygen atoms in total. The average molecular weight is 513 g/mol. The van der Waals surface area contributed by atoms with Gasteiger partial charge in [0.1, 0.15) is 11.6 Å². The predicted molar refractivity (Wildman–Crippen MR) is 126 cm³/mol. The monoisotopic (exact) mass is 512 g/mol. The van der Waals surface area contributed by atoms with Crippen LogP contribution < -0.4 is 14.2 Å². The minimum Gasteiger partial charge on any atom is -0.496 e. The van der Waals surface area contributed by atoms with Gasteiger partial charge in [0.25, 0.3) is 0 Å². The summed E-state index contributed by atoms with van der Waals surface area (Å²) < 4.78 is 72.6. The molecule has 0 radical (unpaired) electrons. The van der Waals surface area contributed by atoms with Crippen molar-refractivity contribution in [1.82, 2.24) is 9.80 Å². The van der Waals surface area contributed by atoms with Gasteiger partial charge >= 0.3 is 6.18 Å². The van der Waals surface area contributed by atoms with Crippen molar-refractivity contribution in [2.24, 2.45) is 0 Å². The first-order chi connectivity index (χ1) is 16.9. The fourth-order valence-electron chi connectivity index (χ4n) is 5.05. The van der Waals surface area contributed by atoms with Crippen molar-refractivity contribution >= 4 is 0 Å². The molecule has 0 amide bonds. The van der Waals surface area contributed by atoms with E-state index in [1.807, 2.05) is 18.2 Å². The molecule has 2 aromatic rings. The molecule has 2 aromatic carbocycles. The smallest absolute Gasteiger partial charge is 0.418 e. The number of ether oxygens (including phenoxy) is 3. The Morgan fingerprint density at radius 3 is 2.28 bits per heavy atom. The molecule has 36 heavy (non-hydrogen) atoms. The second-order valence-electron chi connectivity index (χ2n) is 10.2. The molecule has 1 saturated heterocycles. The Kier molecular flexibility index (Phi) is 7.41. The molecule has 0 saturated carbocycles. The molecule has 10 heteroatoms. The summed E-state index contributed by atoms with van der Waals surface area (Å²) in [5.74, 6) is 1.10. The zero-order valence-electron chi connectivity index (χ0n) is 20.7. The van der Waals surface area contributed by atoms with Crippen LogP contribution in [0.5, 0.6) is 17.2 Å². The number of rotatable bonds is 8. The number of fused-ring (bicyclic) bond motifs is 1. The van der Waals surface area contributed by atoms with E-state index in [1.165, 1.54) is 25.3 Å². The summed E-state index contributed by atoms with van der Waals surface area (Å²) in [7, 11) is 1.38. The number of alkyl halides is 3. The molecule has 4 rings (SSSR count). The van der Waals surface area contributed by atoms with E-state index in [-0.39, 0.29) is 18.1 Å². The van der Waals surface area contributed by atoms with Crippen LogP contribution in [-0.4, -0.2) is 73.3 Å². The summed E-state index contributed by atoms with van der Waals surface area (Å²) in [4.78, 5) is 3.80. The number of nitrogens with zero attached hydrogens (tertiary/aromatic N) is 2. The molecular formula is C26H32F4N2O4. The number of methoxy groups -OCH3 is 1. The van der Waals surface area contributed by atoms with Crippen LogP contribution in [0, 0.1) is 5.82 Å². The molecule has 2 heterocycles. The normalized spacial score (nSPS) is 18.8. The van der Waals surface area contributed by atoms with Crippen LogP contribution in [0.2, 0.25) is 0 Å². The Morgan fingerprint density at radius 1 is 0.944 bits per heavy atom. The third-order valence-corrected chi connectivity index (χ3v) is 6.95. The SMILES string of the molecule is COc1ccc(F)cc1C(C)(C)CC(O)(CN1CCN(Cc2ccc3c(c2)OCO3)CC1)C(F)(F)F. The van der Waals surface area contributed by atoms with E-state index < -0.39 is 36.0 Å². The van der Waals surface area contributed by atoms with Crippen molar-refractivity contribution in [3.63, 3.8) is 0 Å². The van der Waals surface area contributed by atoms with Crippen LogP contribution in [0.25, 0.3) is 0 Å². The minimum absolute atomic E-state index is 0.197. The van der Waals surface area contributed by atoms with Gasteiger partial charge in [-0.1, -0.05) is 19.9 Å². The molecule has 0 aromatic heterocycles. The van der Waals surface area contributed by atoms with Crippen LogP contribution in [0.3, 0.4) is 0 Å². The summed E-state index contributed by atoms with van der Waals surface area (Å²) in [5, 5.41) is 11.0. The molecule has 1 atom stereocenters. The first-order valence-electron chi connectivity index (χ1n) is 11.9. The van der Waals surface area contributed by atoms with Crippen molar-refractivity contribution in [3.05, 3.63) is 53.3 Å². The number of β-amino-alcohol motifs (C(OH)–C–C–N with tert-alkyl or cyclic N) is 1. The Labute approximate surface area is 208 Å². The van der Waals surface area contributed by atoms with Gasteiger partial charge in [-0.3, -0.25) is 9.80 Å². The van der Waals surface area contributed by atoms with Crippen molar-refractivity contribution in [3.8, 4) is 17.2 Å². The van der Waals surface area contributed by atoms with Crippen molar-refractivity contribution in [2.75, 3.05) is 46.6 Å². The fourth-order valence-corrected chi connectivity index (χ4v) is 5.05. The molecule has 198 valence electrons. The maximum absolute atomic E-state index is 14.2. The number of halogens is 4. The van der Waals surface area contributed by atoms with E-state index in [2.05, 4.69) is 4.90 Å². The summed E-state index contributed by atoms with van der Waals surface area (Å²) >= 11 is 0. The van der Waals surface area contributed by atoms with Crippen LogP contribution in [0.15, 0.2) is 36.4 Å². The number of benzene rings is 2. The minimum atomic E-state index is -4.87. The van der Waals surface area contributed by atoms with Crippen molar-refractivity contribution in [2.45, 2.75) is 44.0 Å². The first kappa shape index (κ1) is 26.5. The quantitative estimate of drug-likeness (QED) is 0.531. The van der Waals surface area contributed by atoms with E-state index in [9.17, 15) is 22.7 Å². The van der Waals surface area contributed by atoms with E-state index in [0.717, 1.165) is 5.56 Å². The summed E-state index contributed by atoms with van der Waals surface area (Å²) in [6, 6.07) is 9.47. The largest absolute Gasteiger partial charge is 0.496 e. The highest BCUT2D eigenvalue weighted by molar-refractivity contribution is 5.44. The Morgan fingerprint density at radius 2 is 1.61 bits per heavy atom. The van der Waals surface area contributed by atoms with E-state index in [0.29, 0.717) is 44.2 Å². The lowest BCUT2D eigenvalue weighted by Gasteiger charge is -2.43. The van der Waals surface area contributed by atoms with Crippen LogP contribution in [0.4, 0.5) is 17.6 Å². The lowest BCUT2D eigenvalue weighted by Crippen LogP contribution is -2.59. The molecule has 0 spiro atoms. The number of aliphatic hydroxyl groups is 1. The first-order valence-corrected chi connectivity index (χ1v) is 11.9. The maximum atomic E-state index is 14.2. The lowest BCUT2D eigenvalue weighted by atomic mass is 9.74. The third kappa shape index (κ3) is 5.71. The van der Waals surface area contributed by atoms with Crippen LogP contribution in [-0.2, 0) is 12.0 Å². The number of hydrogen-bond acceptors (Lipinski definition) is 6. The van der Waals surface area contributed by atoms with Gasteiger partial charge in [0, 0.05) is 44.8 Å². The Hall–Kier alpha value is -2.56. The highest BCUT2D eigenvalue weighted by atomic mass is 19.4. The van der Waals surface area contributed by atoms with Crippen molar-refractivity contribution in [1.29, 1.82) is 0 Å². The third-order valence-electron chi connectivity index (χ3n) is 6.95. The second kappa shape index (κ2) is 10.1. The van der Waals surface area contributed by atoms with Gasteiger partial charge < -0.3 is 19.3 Å². The summed E-state index contributed by atoms with van der Waals surface area (Å²) in [6.45, 7) is 5.28. The van der Waals surface area contributed by atoms with E-state index in [4.69, 9.17) is 14.2 Å². The van der Waals surface area contributed by atoms with Crippen LogP contribution in [0.1, 0.15) is 31.4 Å². The van der Waals surface area contributed by atoms with E-state index in [1.54, 1.807) is 18.7 Å². The van der Waals surface area contributed by atoms with Gasteiger partial charge in [-0.15, -0.1) is 0 Å². The topological polar surface area (TPSA) is 54.4 Å². The maximum Gasteiger partial charge on any atom is 0.418 e. The van der Waals surface area contributed by atoms with E-state index >= 15 is 0 Å². The second-order valence-corrected chi connectivity index (χ2v) is 10.2. The van der Waals surface area contributed by atoms with Crippen LogP contribution >= 0.6 is 0 Å². The van der Waals surface area contributed by atoms with Gasteiger partial charge in [0.15, 0.2) is 17.1 Å². The zero-order chi connectivity index (χ0) is 26.1. The molecular weight excluding hydrogens is 480 g/mol. The lowest BCUT2D eigenvalue weighted by molar-refractivity contribution is -0.272. The standard InChI is InChI=1S/C26H32F4N2O4/c1-24(2,20-13-19(27)5-7-21(20)34-3)15-25(33,26(28,29)30)16-32-10-8-31(9-11-32)14-18-4-6-22-23(12-18)36-17-35-22/h4-7,12-13,33H,8-11,14-17H2,1-3H3. The Bertz CT molecular complexity index is 1070. The van der Waals surface area contributed by atoms with Gasteiger partial charge in [-0.25, -0.2) is 4.39 Å². The molecule has 2 aliphatic heterocycles. The van der Waals surface area contributed by atoms with Gasteiger partial charge in [0.05, 0.1) is 7.11 Å². The summed E-state index contributed by atoms with van der Waals surface area (Å²) in [6.07, 6.45) is -5.50. The number of hydrogen-bond donors (Lipinski definition) is 1. The molecule has 1 N–H and O–H groups in total. The highest BCUT2D eigenvalue weighted by Crippen LogP contribution is 2.44.